The molecular weight excluding hydrogens is 294 g/mol. The largest absolute Gasteiger partial charge is 0.394 e. The van der Waals surface area contributed by atoms with Crippen molar-refractivity contribution in [2.45, 2.75) is 37.1 Å². The molecule has 2 aromatic heterocycles. The zero-order valence-corrected chi connectivity index (χ0v) is 11.5. The molecule has 1 aliphatic heterocycles. The Kier molecular flexibility index (Phi) is 3.93. The number of rotatable bonds is 2. The quantitative estimate of drug-likeness (QED) is 0.413. The molecule has 0 unspecified atom stereocenters. The number of nitrogens with two attached hydrogens (primary N) is 1. The van der Waals surface area contributed by atoms with Crippen LogP contribution >= 0.6 is 0 Å². The lowest BCUT2D eigenvalue weighted by Crippen LogP contribution is -2.44. The fourth-order valence-corrected chi connectivity index (χ4v) is 2.54. The molecule has 0 bridgehead atoms. The average Bonchev–Trinajstić information content (AvgIpc) is 2.91. The molecule has 1 fully saturated rings. The van der Waals surface area contributed by atoms with Gasteiger partial charge in [-0.25, -0.2) is 15.0 Å². The highest BCUT2D eigenvalue weighted by atomic mass is 16.5. The Morgan fingerprint density at radius 2 is 2.00 bits per heavy atom. The Bertz CT molecular complexity index is 664. The van der Waals surface area contributed by atoms with Gasteiger partial charge in [-0.15, -0.1) is 0 Å². The van der Waals surface area contributed by atoms with Gasteiger partial charge in [-0.05, 0) is 0 Å². The molecule has 0 saturated carbocycles. The Morgan fingerprint density at radius 3 is 2.73 bits per heavy atom. The molecule has 3 rings (SSSR count). The summed E-state index contributed by atoms with van der Waals surface area (Å²) in [6.45, 7) is -0.509. The first-order valence-electron chi connectivity index (χ1n) is 6.76. The van der Waals surface area contributed by atoms with Gasteiger partial charge in [0.1, 0.15) is 36.4 Å². The summed E-state index contributed by atoms with van der Waals surface area (Å²) in [5, 5.41) is 39.0. The molecule has 0 radical (unpaired) electrons. The predicted octanol–water partition coefficient (Wildman–Crippen LogP) is -2.23. The van der Waals surface area contributed by atoms with Gasteiger partial charge in [0.2, 0.25) is 0 Å². The van der Waals surface area contributed by atoms with Crippen LogP contribution in [0.5, 0.6) is 0 Å². The molecule has 0 aliphatic carbocycles. The fraction of sp³-hybridized carbons (Fsp3) is 0.583. The van der Waals surface area contributed by atoms with Crippen LogP contribution < -0.4 is 5.73 Å². The summed E-state index contributed by atoms with van der Waals surface area (Å²) < 4.78 is 7.13. The first-order valence-corrected chi connectivity index (χ1v) is 6.76. The van der Waals surface area contributed by atoms with Gasteiger partial charge in [-0.2, -0.15) is 0 Å². The lowest BCUT2D eigenvalue weighted by Gasteiger charge is -2.24. The van der Waals surface area contributed by atoms with E-state index in [9.17, 15) is 20.4 Å². The van der Waals surface area contributed by atoms with Gasteiger partial charge in [0, 0.05) is 6.42 Å². The van der Waals surface area contributed by atoms with E-state index in [0.29, 0.717) is 11.2 Å². The van der Waals surface area contributed by atoms with Crippen LogP contribution in [0, 0.1) is 0 Å². The van der Waals surface area contributed by atoms with Gasteiger partial charge in [0.15, 0.2) is 11.5 Å². The Balaban J connectivity index is 2.00. The smallest absolute Gasteiger partial charge is 0.167 e. The zero-order chi connectivity index (χ0) is 15.9. The molecule has 3 heterocycles. The third-order valence-electron chi connectivity index (χ3n) is 3.78. The van der Waals surface area contributed by atoms with Crippen molar-refractivity contribution in [3.05, 3.63) is 12.7 Å². The predicted molar refractivity (Wildman–Crippen MR) is 73.4 cm³/mol. The number of nitrogens with zero attached hydrogens (tertiary/aromatic N) is 4. The number of imidazole rings is 1. The number of hydrogen-bond acceptors (Lipinski definition) is 9. The molecule has 5 atom stereocenters. The number of aliphatic hydroxyl groups is 4. The summed E-state index contributed by atoms with van der Waals surface area (Å²) in [6, 6.07) is 0. The molecule has 120 valence electrons. The van der Waals surface area contributed by atoms with Gasteiger partial charge < -0.3 is 30.9 Å². The molecule has 1 saturated heterocycles. The minimum atomic E-state index is -1.42. The van der Waals surface area contributed by atoms with Crippen LogP contribution in [0.25, 0.3) is 11.2 Å². The number of nitrogen functional groups attached to an aromatic ring is 1. The Morgan fingerprint density at radius 1 is 1.23 bits per heavy atom. The van der Waals surface area contributed by atoms with Crippen LogP contribution in [0.2, 0.25) is 0 Å². The van der Waals surface area contributed by atoms with Crippen LogP contribution in [0.4, 0.5) is 5.82 Å². The molecular formula is C12H17N5O5. The van der Waals surface area contributed by atoms with Crippen molar-refractivity contribution in [1.82, 2.24) is 19.5 Å². The van der Waals surface area contributed by atoms with Crippen molar-refractivity contribution in [3.63, 3.8) is 0 Å². The van der Waals surface area contributed by atoms with E-state index < -0.39 is 37.3 Å². The summed E-state index contributed by atoms with van der Waals surface area (Å²) >= 11 is 0. The molecule has 2 aromatic rings. The monoisotopic (exact) mass is 311 g/mol. The molecule has 0 spiro atoms. The Labute approximate surface area is 124 Å². The van der Waals surface area contributed by atoms with E-state index in [1.54, 1.807) is 0 Å². The highest BCUT2D eigenvalue weighted by Crippen LogP contribution is 2.29. The number of aromatic nitrogens is 4. The van der Waals surface area contributed by atoms with Crippen LogP contribution in [-0.4, -0.2) is 71.0 Å². The fourth-order valence-electron chi connectivity index (χ4n) is 2.54. The highest BCUT2D eigenvalue weighted by Gasteiger charge is 2.39. The molecule has 0 amide bonds. The van der Waals surface area contributed by atoms with Crippen LogP contribution in [0.1, 0.15) is 12.6 Å². The summed E-state index contributed by atoms with van der Waals surface area (Å²) in [6.07, 6.45) is -3.19. The van der Waals surface area contributed by atoms with Gasteiger partial charge in [-0.1, -0.05) is 0 Å². The molecule has 10 nitrogen and oxygen atoms in total. The van der Waals surface area contributed by atoms with Gasteiger partial charge in [0.25, 0.3) is 0 Å². The van der Waals surface area contributed by atoms with Gasteiger partial charge >= 0.3 is 0 Å². The topological polar surface area (TPSA) is 160 Å². The highest BCUT2D eigenvalue weighted by molar-refractivity contribution is 5.81. The van der Waals surface area contributed by atoms with E-state index in [1.165, 1.54) is 17.2 Å². The van der Waals surface area contributed by atoms with Crippen LogP contribution in [-0.2, 0) is 4.74 Å². The zero-order valence-electron chi connectivity index (χ0n) is 11.5. The van der Waals surface area contributed by atoms with Gasteiger partial charge in [-0.3, -0.25) is 4.57 Å². The maximum atomic E-state index is 9.97. The molecule has 0 aromatic carbocycles. The Hall–Kier alpha value is -1.85. The van der Waals surface area contributed by atoms with E-state index >= 15 is 0 Å². The summed E-state index contributed by atoms with van der Waals surface area (Å²) in [7, 11) is 0. The first-order chi connectivity index (χ1) is 10.5. The van der Waals surface area contributed by atoms with E-state index in [2.05, 4.69) is 15.0 Å². The third-order valence-corrected chi connectivity index (χ3v) is 3.78. The van der Waals surface area contributed by atoms with Crippen molar-refractivity contribution in [2.75, 3.05) is 12.3 Å². The SMILES string of the molecule is Nc1ncnc2c1ncn2[C@H]1C[C@H](O)[C@H](O)[C@H](O)[C@@H](CO)O1. The molecule has 1 aliphatic rings. The maximum absolute atomic E-state index is 9.97. The standard InChI is InChI=1S/C12H17N5O5/c13-11-8-12(15-3-14-11)17(4-16-8)7-1-5(19)9(20)10(21)6(2-18)22-7/h3-7,9-10,18-21H,1-2H2,(H2,13,14,15)/t5-,6+,7+,9-,10+/m0/s1. The second-order valence-corrected chi connectivity index (χ2v) is 5.18. The molecule has 22 heavy (non-hydrogen) atoms. The van der Waals surface area contributed by atoms with E-state index in [0.717, 1.165) is 0 Å². The maximum Gasteiger partial charge on any atom is 0.167 e. The van der Waals surface area contributed by atoms with Crippen molar-refractivity contribution < 1.29 is 25.2 Å². The minimum absolute atomic E-state index is 0.00983. The molecule has 6 N–H and O–H groups in total. The van der Waals surface area contributed by atoms with Gasteiger partial charge in [0.05, 0.1) is 19.0 Å². The molecule has 10 heteroatoms. The number of anilines is 1. The van der Waals surface area contributed by atoms with E-state index in [-0.39, 0.29) is 12.2 Å². The van der Waals surface area contributed by atoms with Crippen molar-refractivity contribution in [1.29, 1.82) is 0 Å². The normalized spacial score (nSPS) is 33.0. The summed E-state index contributed by atoms with van der Waals surface area (Å²) in [5.74, 6) is 0.205. The van der Waals surface area contributed by atoms with Crippen LogP contribution in [0.3, 0.4) is 0 Å². The third kappa shape index (κ3) is 2.40. The second kappa shape index (κ2) is 5.74. The average molecular weight is 311 g/mol. The first kappa shape index (κ1) is 15.1. The van der Waals surface area contributed by atoms with Crippen molar-refractivity contribution in [2.24, 2.45) is 0 Å². The number of hydrogen-bond donors (Lipinski definition) is 5. The summed E-state index contributed by atoms with van der Waals surface area (Å²) in [5.41, 5.74) is 6.49. The number of aliphatic hydroxyl groups excluding tert-OH is 4. The lowest BCUT2D eigenvalue weighted by atomic mass is 10.0. The second-order valence-electron chi connectivity index (χ2n) is 5.18. The number of fused-ring (bicyclic) bond motifs is 1. The van der Waals surface area contributed by atoms with Crippen LogP contribution in [0.15, 0.2) is 12.7 Å². The van der Waals surface area contributed by atoms with E-state index in [1.807, 2.05) is 0 Å². The lowest BCUT2D eigenvalue weighted by molar-refractivity contribution is -0.130. The summed E-state index contributed by atoms with van der Waals surface area (Å²) in [4.78, 5) is 12.0. The minimum Gasteiger partial charge on any atom is -0.394 e. The number of ether oxygens (including phenoxy) is 1. The van der Waals surface area contributed by atoms with Crippen molar-refractivity contribution in [3.8, 4) is 0 Å². The van der Waals surface area contributed by atoms with Crippen molar-refractivity contribution >= 4 is 17.0 Å². The van der Waals surface area contributed by atoms with E-state index in [4.69, 9.17) is 10.5 Å².